The van der Waals surface area contributed by atoms with Crippen molar-refractivity contribution in [2.24, 2.45) is 5.73 Å². The van der Waals surface area contributed by atoms with Crippen LogP contribution in [0.3, 0.4) is 0 Å². The summed E-state index contributed by atoms with van der Waals surface area (Å²) in [7, 11) is 0. The molecule has 1 fully saturated rings. The Morgan fingerprint density at radius 2 is 2.06 bits per heavy atom. The van der Waals surface area contributed by atoms with E-state index in [1.165, 1.54) is 19.3 Å². The van der Waals surface area contributed by atoms with E-state index in [9.17, 15) is 4.79 Å². The molecule has 1 unspecified atom stereocenters. The molecule has 4 nitrogen and oxygen atoms in total. The van der Waals surface area contributed by atoms with Crippen molar-refractivity contribution >= 4 is 23.2 Å². The van der Waals surface area contributed by atoms with Crippen LogP contribution in [0.1, 0.15) is 51.9 Å². The van der Waals surface area contributed by atoms with Gasteiger partial charge in [0.15, 0.2) is 0 Å². The minimum Gasteiger partial charge on any atom is -0.392 e. The van der Waals surface area contributed by atoms with Crippen LogP contribution >= 0.6 is 12.2 Å². The second-order valence-corrected chi connectivity index (χ2v) is 5.17. The summed E-state index contributed by atoms with van der Waals surface area (Å²) in [5, 5.41) is 5.85. The van der Waals surface area contributed by atoms with Gasteiger partial charge in [-0.2, -0.15) is 0 Å². The van der Waals surface area contributed by atoms with Crippen LogP contribution in [0.25, 0.3) is 0 Å². The third kappa shape index (κ3) is 5.35. The average molecular weight is 257 g/mol. The summed E-state index contributed by atoms with van der Waals surface area (Å²) in [6, 6.07) is -0.000821. The number of carbonyl (C=O) groups is 1. The van der Waals surface area contributed by atoms with Crippen molar-refractivity contribution in [2.75, 3.05) is 0 Å². The molecule has 1 rings (SSSR count). The Morgan fingerprint density at radius 1 is 1.41 bits per heavy atom. The van der Waals surface area contributed by atoms with E-state index in [0.29, 0.717) is 11.0 Å². The lowest BCUT2D eigenvalue weighted by Gasteiger charge is -2.24. The van der Waals surface area contributed by atoms with Crippen molar-refractivity contribution in [2.45, 2.75) is 64.0 Å². The number of nitrogens with two attached hydrogens (primary N) is 1. The van der Waals surface area contributed by atoms with Gasteiger partial charge in [0.2, 0.25) is 0 Å². The standard InChI is InChI=1S/C12H23N3OS/c1-2-6-10(11(13)17)15-12(16)14-9-7-4-3-5-8-9/h9-10H,2-8H2,1H3,(H2,13,17)(H2,14,15,16). The Balaban J connectivity index is 2.33. The minimum absolute atomic E-state index is 0.136. The lowest BCUT2D eigenvalue weighted by Crippen LogP contribution is -2.50. The highest BCUT2D eigenvalue weighted by Gasteiger charge is 2.18. The van der Waals surface area contributed by atoms with Gasteiger partial charge in [0.25, 0.3) is 0 Å². The van der Waals surface area contributed by atoms with Crippen LogP contribution in [-0.2, 0) is 0 Å². The Kier molecular flexibility index (Phi) is 6.26. The van der Waals surface area contributed by atoms with Gasteiger partial charge < -0.3 is 16.4 Å². The molecule has 1 saturated carbocycles. The third-order valence-corrected chi connectivity index (χ3v) is 3.45. The van der Waals surface area contributed by atoms with Crippen molar-refractivity contribution < 1.29 is 4.79 Å². The van der Waals surface area contributed by atoms with Crippen LogP contribution < -0.4 is 16.4 Å². The van der Waals surface area contributed by atoms with Gasteiger partial charge in [-0.15, -0.1) is 0 Å². The molecule has 0 saturated heterocycles. The van der Waals surface area contributed by atoms with E-state index in [0.717, 1.165) is 25.7 Å². The van der Waals surface area contributed by atoms with Gasteiger partial charge in [0, 0.05) is 6.04 Å². The largest absolute Gasteiger partial charge is 0.392 e. The number of nitrogens with one attached hydrogen (secondary N) is 2. The molecule has 0 aromatic carbocycles. The van der Waals surface area contributed by atoms with Crippen LogP contribution in [-0.4, -0.2) is 23.1 Å². The maximum absolute atomic E-state index is 11.8. The van der Waals surface area contributed by atoms with Gasteiger partial charge >= 0.3 is 6.03 Å². The molecule has 0 heterocycles. The summed E-state index contributed by atoms with van der Waals surface area (Å²) < 4.78 is 0. The Bertz CT molecular complexity index is 264. The summed E-state index contributed by atoms with van der Waals surface area (Å²) in [6.07, 6.45) is 7.61. The summed E-state index contributed by atoms with van der Waals surface area (Å²) >= 11 is 4.94. The maximum Gasteiger partial charge on any atom is 0.315 e. The molecule has 0 aliphatic heterocycles. The van der Waals surface area contributed by atoms with Crippen LogP contribution in [0.2, 0.25) is 0 Å². The van der Waals surface area contributed by atoms with E-state index in [1.807, 2.05) is 6.92 Å². The molecule has 1 aliphatic carbocycles. The predicted octanol–water partition coefficient (Wildman–Crippen LogP) is 2.07. The Labute approximate surface area is 109 Å². The molecule has 5 heteroatoms. The normalized spacial score (nSPS) is 18.4. The van der Waals surface area contributed by atoms with Crippen molar-refractivity contribution in [3.05, 3.63) is 0 Å². The first-order chi connectivity index (χ1) is 8.13. The van der Waals surface area contributed by atoms with E-state index in [4.69, 9.17) is 18.0 Å². The molecule has 0 radical (unpaired) electrons. The van der Waals surface area contributed by atoms with E-state index in [1.54, 1.807) is 0 Å². The van der Waals surface area contributed by atoms with Gasteiger partial charge in [-0.3, -0.25) is 0 Å². The number of urea groups is 1. The number of carbonyl (C=O) groups excluding carboxylic acids is 1. The van der Waals surface area contributed by atoms with Crippen molar-refractivity contribution in [3.8, 4) is 0 Å². The van der Waals surface area contributed by atoms with Gasteiger partial charge in [-0.05, 0) is 19.3 Å². The molecule has 1 atom stereocenters. The molecule has 0 spiro atoms. The van der Waals surface area contributed by atoms with Crippen molar-refractivity contribution in [3.63, 3.8) is 0 Å². The maximum atomic E-state index is 11.8. The van der Waals surface area contributed by atoms with Crippen LogP contribution in [0.15, 0.2) is 0 Å². The SMILES string of the molecule is CCCC(NC(=O)NC1CCCCC1)C(N)=S. The monoisotopic (exact) mass is 257 g/mol. The lowest BCUT2D eigenvalue weighted by molar-refractivity contribution is 0.231. The molecule has 98 valence electrons. The molecule has 17 heavy (non-hydrogen) atoms. The number of hydrogen-bond donors (Lipinski definition) is 3. The molecular formula is C12H23N3OS. The summed E-state index contributed by atoms with van der Waals surface area (Å²) in [5.74, 6) is 0. The highest BCUT2D eigenvalue weighted by atomic mass is 32.1. The average Bonchev–Trinajstić information content (AvgIpc) is 2.29. The number of amides is 2. The first-order valence-corrected chi connectivity index (χ1v) is 6.90. The smallest absolute Gasteiger partial charge is 0.315 e. The zero-order chi connectivity index (χ0) is 12.7. The molecule has 2 amide bonds. The second-order valence-electron chi connectivity index (χ2n) is 4.70. The first kappa shape index (κ1) is 14.2. The summed E-state index contributed by atoms with van der Waals surface area (Å²) in [5.41, 5.74) is 5.59. The zero-order valence-corrected chi connectivity index (χ0v) is 11.3. The molecule has 0 aromatic heterocycles. The Morgan fingerprint density at radius 3 is 2.59 bits per heavy atom. The summed E-state index contributed by atoms with van der Waals surface area (Å²) in [6.45, 7) is 2.05. The highest BCUT2D eigenvalue weighted by Crippen LogP contribution is 2.17. The van der Waals surface area contributed by atoms with Gasteiger partial charge in [-0.1, -0.05) is 44.8 Å². The van der Waals surface area contributed by atoms with E-state index < -0.39 is 0 Å². The van der Waals surface area contributed by atoms with Crippen molar-refractivity contribution in [1.82, 2.24) is 10.6 Å². The fourth-order valence-corrected chi connectivity index (χ4v) is 2.38. The lowest BCUT2D eigenvalue weighted by atomic mass is 9.96. The van der Waals surface area contributed by atoms with Gasteiger partial charge in [-0.25, -0.2) is 4.79 Å². The minimum atomic E-state index is -0.182. The second kappa shape index (κ2) is 7.48. The zero-order valence-electron chi connectivity index (χ0n) is 10.5. The van der Waals surface area contributed by atoms with Crippen LogP contribution in [0.4, 0.5) is 4.79 Å². The number of rotatable bonds is 5. The van der Waals surface area contributed by atoms with E-state index in [2.05, 4.69) is 10.6 Å². The van der Waals surface area contributed by atoms with Crippen LogP contribution in [0.5, 0.6) is 0 Å². The fourth-order valence-electron chi connectivity index (χ4n) is 2.21. The highest BCUT2D eigenvalue weighted by molar-refractivity contribution is 7.80. The Hall–Kier alpha value is -0.840. The van der Waals surface area contributed by atoms with E-state index in [-0.39, 0.29) is 12.1 Å². The topological polar surface area (TPSA) is 67.2 Å². The molecule has 4 N–H and O–H groups in total. The van der Waals surface area contributed by atoms with Gasteiger partial charge in [0.1, 0.15) is 0 Å². The third-order valence-electron chi connectivity index (χ3n) is 3.17. The van der Waals surface area contributed by atoms with Crippen LogP contribution in [0, 0.1) is 0 Å². The predicted molar refractivity (Wildman–Crippen MR) is 74.0 cm³/mol. The van der Waals surface area contributed by atoms with E-state index >= 15 is 0 Å². The molecule has 1 aliphatic rings. The number of hydrogen-bond acceptors (Lipinski definition) is 2. The first-order valence-electron chi connectivity index (χ1n) is 6.49. The quantitative estimate of drug-likeness (QED) is 0.661. The molecule has 0 aromatic rings. The number of thiocarbonyl (C=S) groups is 1. The fraction of sp³-hybridized carbons (Fsp3) is 0.833. The summed E-state index contributed by atoms with van der Waals surface area (Å²) in [4.78, 5) is 12.1. The van der Waals surface area contributed by atoms with Gasteiger partial charge in [0.05, 0.1) is 11.0 Å². The van der Waals surface area contributed by atoms with Crippen molar-refractivity contribution in [1.29, 1.82) is 0 Å². The molecule has 0 bridgehead atoms. The molecular weight excluding hydrogens is 234 g/mol.